The van der Waals surface area contributed by atoms with Crippen LogP contribution in [0.2, 0.25) is 0 Å². The molecule has 0 aliphatic carbocycles. The average molecular weight is 200 g/mol. The van der Waals surface area contributed by atoms with Crippen LogP contribution in [-0.2, 0) is 0 Å². The Bertz CT molecular complexity index is 238. The topological polar surface area (TPSA) is 0 Å². The van der Waals surface area contributed by atoms with Gasteiger partial charge in [0.2, 0.25) is 0 Å². The molecule has 2 rings (SSSR count). The van der Waals surface area contributed by atoms with E-state index in [2.05, 4.69) is 24.8 Å². The highest BCUT2D eigenvalue weighted by Crippen LogP contribution is 2.43. The number of hydrogen-bond donors (Lipinski definition) is 1. The Labute approximate surface area is 80.6 Å². The molecule has 1 heterocycles. The van der Waals surface area contributed by atoms with E-state index in [-0.39, 0.29) is 0 Å². The number of thioether (sulfide) groups is 2. The lowest BCUT2D eigenvalue weighted by molar-refractivity contribution is 1.36. The van der Waals surface area contributed by atoms with Crippen LogP contribution in [0.4, 0.5) is 0 Å². The molecule has 1 saturated heterocycles. The fourth-order valence-electron chi connectivity index (χ4n) is 0.784. The van der Waals surface area contributed by atoms with Gasteiger partial charge in [-0.2, -0.15) is 0 Å². The van der Waals surface area contributed by atoms with Crippen molar-refractivity contribution in [3.63, 3.8) is 0 Å². The summed E-state index contributed by atoms with van der Waals surface area (Å²) >= 11 is 8.18. The molecule has 0 bridgehead atoms. The molecule has 1 aromatic rings. The third-order valence-corrected chi connectivity index (χ3v) is 4.22. The van der Waals surface area contributed by atoms with Crippen LogP contribution >= 0.6 is 36.2 Å². The van der Waals surface area contributed by atoms with Crippen molar-refractivity contribution in [2.75, 3.05) is 5.75 Å². The lowest BCUT2D eigenvalue weighted by Gasteiger charge is -1.97. The maximum Gasteiger partial charge on any atom is 0.0641 e. The molecule has 0 N–H and O–H groups in total. The van der Waals surface area contributed by atoms with Crippen LogP contribution in [0.5, 0.6) is 0 Å². The summed E-state index contributed by atoms with van der Waals surface area (Å²) in [5, 5.41) is 0. The van der Waals surface area contributed by atoms with Crippen LogP contribution in [0, 0.1) is 0 Å². The first-order valence-corrected chi connectivity index (χ1v) is 5.79. The fraction of sp³-hybridized carbons (Fsp3) is 0.250. The molecule has 1 aliphatic heterocycles. The highest BCUT2D eigenvalue weighted by atomic mass is 32.2. The van der Waals surface area contributed by atoms with Crippen molar-refractivity contribution in [2.24, 2.45) is 0 Å². The second-order valence-electron chi connectivity index (χ2n) is 2.37. The van der Waals surface area contributed by atoms with E-state index in [0.717, 1.165) is 9.48 Å². The second-order valence-corrected chi connectivity index (χ2v) is 5.70. The second kappa shape index (κ2) is 3.33. The quantitative estimate of drug-likeness (QED) is 0.575. The molecule has 58 valence electrons. The molecule has 3 heteroatoms. The van der Waals surface area contributed by atoms with Crippen LogP contribution in [0.3, 0.4) is 0 Å². The Hall–Kier alpha value is 0.270. The van der Waals surface area contributed by atoms with E-state index in [1.165, 1.54) is 10.6 Å². The monoisotopic (exact) mass is 200 g/mol. The molecule has 0 aromatic heterocycles. The smallest absolute Gasteiger partial charge is 0.0641 e. The zero-order valence-corrected chi connectivity index (χ0v) is 8.38. The molecular formula is C8H8S3. The van der Waals surface area contributed by atoms with Gasteiger partial charge in [-0.25, -0.2) is 0 Å². The molecule has 1 aliphatic rings. The predicted octanol–water partition coefficient (Wildman–Crippen LogP) is 3.14. The molecule has 0 saturated carbocycles. The van der Waals surface area contributed by atoms with Crippen molar-refractivity contribution in [3.05, 3.63) is 24.3 Å². The Morgan fingerprint density at radius 3 is 2.55 bits per heavy atom. The van der Waals surface area contributed by atoms with Crippen molar-refractivity contribution in [1.29, 1.82) is 0 Å². The van der Waals surface area contributed by atoms with Gasteiger partial charge in [0.1, 0.15) is 0 Å². The van der Waals surface area contributed by atoms with E-state index in [1.54, 1.807) is 0 Å². The first-order chi connectivity index (χ1) is 5.34. The summed E-state index contributed by atoms with van der Waals surface area (Å²) in [6.45, 7) is 0. The largest absolute Gasteiger partial charge is 0.144 e. The average Bonchev–Trinajstić information content (AvgIpc) is 2.78. The number of hydrogen-bond acceptors (Lipinski definition) is 3. The molecule has 1 fully saturated rings. The molecule has 0 nitrogen and oxygen atoms in total. The lowest BCUT2D eigenvalue weighted by Crippen LogP contribution is -1.74. The van der Waals surface area contributed by atoms with Gasteiger partial charge in [-0.05, 0) is 24.3 Å². The third kappa shape index (κ3) is 2.36. The summed E-state index contributed by atoms with van der Waals surface area (Å²) in [5.74, 6) is 1.31. The zero-order chi connectivity index (χ0) is 7.68. The minimum absolute atomic E-state index is 0.820. The molecule has 11 heavy (non-hydrogen) atoms. The van der Waals surface area contributed by atoms with Crippen molar-refractivity contribution in [2.45, 2.75) is 14.4 Å². The van der Waals surface area contributed by atoms with Crippen molar-refractivity contribution >= 4 is 36.2 Å². The molecule has 0 spiro atoms. The van der Waals surface area contributed by atoms with Gasteiger partial charge < -0.3 is 0 Å². The van der Waals surface area contributed by atoms with E-state index < -0.39 is 0 Å². The summed E-state index contributed by atoms with van der Waals surface area (Å²) in [5.41, 5.74) is 0. The molecule has 0 amide bonds. The maximum absolute atomic E-state index is 4.22. The van der Waals surface area contributed by atoms with E-state index >= 15 is 0 Å². The van der Waals surface area contributed by atoms with Gasteiger partial charge in [-0.15, -0.1) is 36.2 Å². The number of benzene rings is 1. The SMILES string of the molecule is Sc1ccc(SC2CS2)cc1. The van der Waals surface area contributed by atoms with E-state index in [9.17, 15) is 0 Å². The Balaban J connectivity index is 2.06. The van der Waals surface area contributed by atoms with Crippen molar-refractivity contribution < 1.29 is 0 Å². The minimum atomic E-state index is 0.820. The van der Waals surface area contributed by atoms with E-state index in [4.69, 9.17) is 0 Å². The lowest BCUT2D eigenvalue weighted by atomic mass is 10.4. The third-order valence-electron chi connectivity index (χ3n) is 1.41. The van der Waals surface area contributed by atoms with Crippen molar-refractivity contribution in [3.8, 4) is 0 Å². The molecular weight excluding hydrogens is 192 g/mol. The van der Waals surface area contributed by atoms with Crippen molar-refractivity contribution in [1.82, 2.24) is 0 Å². The minimum Gasteiger partial charge on any atom is -0.144 e. The highest BCUT2D eigenvalue weighted by molar-refractivity contribution is 8.23. The molecule has 1 unspecified atom stereocenters. The van der Waals surface area contributed by atoms with Crippen LogP contribution < -0.4 is 0 Å². The first kappa shape index (κ1) is 7.90. The molecule has 1 aromatic carbocycles. The maximum atomic E-state index is 4.22. The summed E-state index contributed by atoms with van der Waals surface area (Å²) < 4.78 is 0.820. The summed E-state index contributed by atoms with van der Waals surface area (Å²) in [6, 6.07) is 8.34. The standard InChI is InChI=1S/C8H8S3/c9-6-1-3-7(4-2-6)11-8-5-10-8/h1-4,8-9H,5H2. The number of thiol groups is 1. The normalized spacial score (nSPS) is 21.7. The molecule has 0 radical (unpaired) electrons. The van der Waals surface area contributed by atoms with Crippen LogP contribution in [0.25, 0.3) is 0 Å². The Kier molecular flexibility index (Phi) is 2.39. The fourth-order valence-corrected chi connectivity index (χ4v) is 2.72. The van der Waals surface area contributed by atoms with Crippen LogP contribution in [0.1, 0.15) is 0 Å². The Morgan fingerprint density at radius 2 is 2.00 bits per heavy atom. The number of rotatable bonds is 2. The predicted molar refractivity (Wildman–Crippen MR) is 55.8 cm³/mol. The highest BCUT2D eigenvalue weighted by Gasteiger charge is 2.23. The van der Waals surface area contributed by atoms with Gasteiger partial charge in [0.25, 0.3) is 0 Å². The van der Waals surface area contributed by atoms with Gasteiger partial charge in [0.05, 0.1) is 4.58 Å². The molecule has 1 atom stereocenters. The summed E-state index contributed by atoms with van der Waals surface area (Å²) in [4.78, 5) is 2.40. The van der Waals surface area contributed by atoms with Gasteiger partial charge in [-0.1, -0.05) is 0 Å². The zero-order valence-electron chi connectivity index (χ0n) is 5.86. The Morgan fingerprint density at radius 1 is 1.36 bits per heavy atom. The summed E-state index contributed by atoms with van der Waals surface area (Å²) in [7, 11) is 0. The van der Waals surface area contributed by atoms with Gasteiger partial charge in [0, 0.05) is 15.5 Å². The van der Waals surface area contributed by atoms with E-state index in [0.29, 0.717) is 0 Å². The van der Waals surface area contributed by atoms with Gasteiger partial charge >= 0.3 is 0 Å². The van der Waals surface area contributed by atoms with E-state index in [1.807, 2.05) is 35.7 Å². The van der Waals surface area contributed by atoms with Crippen LogP contribution in [0.15, 0.2) is 34.1 Å². The van der Waals surface area contributed by atoms with Gasteiger partial charge in [0.15, 0.2) is 0 Å². The van der Waals surface area contributed by atoms with Crippen LogP contribution in [-0.4, -0.2) is 10.3 Å². The van der Waals surface area contributed by atoms with Gasteiger partial charge in [-0.3, -0.25) is 0 Å². The summed E-state index contributed by atoms with van der Waals surface area (Å²) in [6.07, 6.45) is 0. The first-order valence-electron chi connectivity index (χ1n) is 3.42.